The van der Waals surface area contributed by atoms with Gasteiger partial charge in [-0.3, -0.25) is 13.8 Å². The molecule has 5 aromatic rings. The maximum Gasteiger partial charge on any atom is 0.341 e. The van der Waals surface area contributed by atoms with Gasteiger partial charge in [-0.15, -0.1) is 32.9 Å². The van der Waals surface area contributed by atoms with E-state index < -0.39 is 5.97 Å². The number of ether oxygens (including phenoxy) is 1. The second-order valence-electron chi connectivity index (χ2n) is 6.88. The van der Waals surface area contributed by atoms with Gasteiger partial charge in [0.25, 0.3) is 5.56 Å². The molecule has 10 heteroatoms. The quantitative estimate of drug-likeness (QED) is 0.401. The number of carbonyl (C=O) groups is 1. The number of aromatic nitrogens is 5. The molecule has 0 amide bonds. The van der Waals surface area contributed by atoms with E-state index in [1.165, 1.54) is 15.9 Å². The smallest absolute Gasteiger partial charge is 0.341 e. The number of esters is 1. The molecule has 0 saturated carbocycles. The number of fused-ring (bicyclic) bond motifs is 3. The molecule has 0 bridgehead atoms. The van der Waals surface area contributed by atoms with Crippen molar-refractivity contribution in [1.29, 1.82) is 0 Å². The summed E-state index contributed by atoms with van der Waals surface area (Å²) in [6.07, 6.45) is 3.81. The molecule has 5 aromatic heterocycles. The molecule has 0 aliphatic rings. The third kappa shape index (κ3) is 2.71. The number of nitrogens with zero attached hydrogens (tertiary/aromatic N) is 5. The van der Waals surface area contributed by atoms with E-state index in [2.05, 4.69) is 10.2 Å². The van der Waals surface area contributed by atoms with Crippen LogP contribution in [0.5, 0.6) is 0 Å². The average Bonchev–Trinajstić information content (AvgIpc) is 3.51. The van der Waals surface area contributed by atoms with Crippen LogP contribution in [0.1, 0.15) is 26.6 Å². The van der Waals surface area contributed by atoms with E-state index in [1.807, 2.05) is 54.4 Å². The van der Waals surface area contributed by atoms with Crippen molar-refractivity contribution in [1.82, 2.24) is 23.7 Å². The SMILES string of the molecule is Cc1sc(-n2cccc2)c(C(=O)OCc2nnc3n(C)c(=O)c4sccc4n23)c1C. The Hall–Kier alpha value is -3.24. The summed E-state index contributed by atoms with van der Waals surface area (Å²) in [5, 5.41) is 11.0. The first-order valence-corrected chi connectivity index (χ1v) is 10.9. The van der Waals surface area contributed by atoms with Crippen molar-refractivity contribution in [2.75, 3.05) is 0 Å². The lowest BCUT2D eigenvalue weighted by molar-refractivity contribution is 0.0461. The normalized spacial score (nSPS) is 11.6. The van der Waals surface area contributed by atoms with Gasteiger partial charge in [0.05, 0.1) is 11.1 Å². The molecule has 30 heavy (non-hydrogen) atoms. The molecule has 5 heterocycles. The summed E-state index contributed by atoms with van der Waals surface area (Å²) in [7, 11) is 1.65. The predicted octanol–water partition coefficient (Wildman–Crippen LogP) is 3.47. The van der Waals surface area contributed by atoms with Crippen LogP contribution in [0, 0.1) is 13.8 Å². The first-order valence-electron chi connectivity index (χ1n) is 9.18. The minimum absolute atomic E-state index is 0.0530. The van der Waals surface area contributed by atoms with Gasteiger partial charge in [-0.05, 0) is 43.0 Å². The van der Waals surface area contributed by atoms with E-state index in [-0.39, 0.29) is 12.2 Å². The highest BCUT2D eigenvalue weighted by atomic mass is 32.1. The maximum atomic E-state index is 13.0. The first-order chi connectivity index (χ1) is 14.5. The molecule has 5 rings (SSSR count). The summed E-state index contributed by atoms with van der Waals surface area (Å²) in [5.74, 6) is 0.459. The fourth-order valence-electron chi connectivity index (χ4n) is 3.45. The Balaban J connectivity index is 1.52. The van der Waals surface area contributed by atoms with Gasteiger partial charge in [0, 0.05) is 24.3 Å². The van der Waals surface area contributed by atoms with Crippen LogP contribution in [-0.4, -0.2) is 29.7 Å². The summed E-state index contributed by atoms with van der Waals surface area (Å²) in [4.78, 5) is 26.5. The number of rotatable bonds is 4. The van der Waals surface area contributed by atoms with Crippen LogP contribution >= 0.6 is 22.7 Å². The van der Waals surface area contributed by atoms with Crippen molar-refractivity contribution in [2.24, 2.45) is 7.05 Å². The van der Waals surface area contributed by atoms with Crippen molar-refractivity contribution in [3.8, 4) is 5.00 Å². The molecule has 0 N–H and O–H groups in total. The molecule has 0 spiro atoms. The second-order valence-corrected chi connectivity index (χ2v) is 9.00. The second kappa shape index (κ2) is 6.92. The molecule has 8 nitrogen and oxygen atoms in total. The standard InChI is InChI=1S/C20H17N5O3S2/c1-11-12(2)30-18(24-7-4-5-8-24)15(11)19(27)28-10-14-21-22-20-23(3)17(26)16-13(25(14)20)6-9-29-16/h4-9H,10H2,1-3H3. The third-order valence-electron chi connectivity index (χ3n) is 5.14. The van der Waals surface area contributed by atoms with Gasteiger partial charge in [0.2, 0.25) is 5.78 Å². The van der Waals surface area contributed by atoms with E-state index in [0.29, 0.717) is 27.4 Å². The van der Waals surface area contributed by atoms with Crippen LogP contribution in [0.15, 0.2) is 40.8 Å². The van der Waals surface area contributed by atoms with Crippen molar-refractivity contribution in [2.45, 2.75) is 20.5 Å². The molecular weight excluding hydrogens is 422 g/mol. The molecule has 0 atom stereocenters. The van der Waals surface area contributed by atoms with Crippen LogP contribution in [0.25, 0.3) is 21.0 Å². The zero-order valence-corrected chi connectivity index (χ0v) is 18.1. The zero-order valence-electron chi connectivity index (χ0n) is 16.4. The fraction of sp³-hybridized carbons (Fsp3) is 0.200. The topological polar surface area (TPSA) is 83.4 Å². The number of hydrogen-bond acceptors (Lipinski definition) is 7. The van der Waals surface area contributed by atoms with Gasteiger partial charge in [-0.25, -0.2) is 4.79 Å². The minimum atomic E-state index is -0.413. The molecule has 0 aromatic carbocycles. The Morgan fingerprint density at radius 2 is 1.97 bits per heavy atom. The Kier molecular flexibility index (Phi) is 4.33. The number of thiophene rings is 2. The molecule has 0 radical (unpaired) electrons. The summed E-state index contributed by atoms with van der Waals surface area (Å²) in [5.41, 5.74) is 2.05. The molecule has 0 unspecified atom stereocenters. The van der Waals surface area contributed by atoms with E-state index in [4.69, 9.17) is 4.74 Å². The van der Waals surface area contributed by atoms with Gasteiger partial charge in [-0.1, -0.05) is 0 Å². The highest BCUT2D eigenvalue weighted by Crippen LogP contribution is 2.31. The lowest BCUT2D eigenvalue weighted by Crippen LogP contribution is -2.19. The summed E-state index contributed by atoms with van der Waals surface area (Å²) in [6.45, 7) is 3.86. The van der Waals surface area contributed by atoms with Crippen molar-refractivity contribution < 1.29 is 9.53 Å². The first kappa shape index (κ1) is 18.8. The lowest BCUT2D eigenvalue weighted by Gasteiger charge is -2.08. The Labute approximate surface area is 178 Å². The maximum absolute atomic E-state index is 13.0. The molecule has 0 fully saturated rings. The Morgan fingerprint density at radius 1 is 1.20 bits per heavy atom. The largest absolute Gasteiger partial charge is 0.454 e. The average molecular weight is 440 g/mol. The fourth-order valence-corrected chi connectivity index (χ4v) is 5.41. The zero-order chi connectivity index (χ0) is 21.0. The van der Waals surface area contributed by atoms with Gasteiger partial charge < -0.3 is 9.30 Å². The Morgan fingerprint density at radius 3 is 2.73 bits per heavy atom. The van der Waals surface area contributed by atoms with Gasteiger partial charge in [-0.2, -0.15) is 0 Å². The Bertz CT molecular complexity index is 1470. The highest BCUT2D eigenvalue weighted by molar-refractivity contribution is 7.17. The minimum Gasteiger partial charge on any atom is -0.454 e. The summed E-state index contributed by atoms with van der Waals surface area (Å²) < 4.78 is 11.4. The molecule has 0 aliphatic carbocycles. The lowest BCUT2D eigenvalue weighted by atomic mass is 10.1. The van der Waals surface area contributed by atoms with E-state index in [0.717, 1.165) is 15.4 Å². The molecule has 0 aliphatic heterocycles. The van der Waals surface area contributed by atoms with Crippen molar-refractivity contribution >= 4 is 44.6 Å². The van der Waals surface area contributed by atoms with Crippen LogP contribution in [0.3, 0.4) is 0 Å². The van der Waals surface area contributed by atoms with Crippen molar-refractivity contribution in [3.05, 3.63) is 68.2 Å². The number of carbonyl (C=O) groups excluding carboxylic acids is 1. The molecule has 0 saturated heterocycles. The highest BCUT2D eigenvalue weighted by Gasteiger charge is 2.23. The molecular formula is C20H17N5O3S2. The monoisotopic (exact) mass is 439 g/mol. The van der Waals surface area contributed by atoms with Crippen LogP contribution < -0.4 is 5.56 Å². The van der Waals surface area contributed by atoms with Crippen LogP contribution in [0.2, 0.25) is 0 Å². The van der Waals surface area contributed by atoms with E-state index in [9.17, 15) is 9.59 Å². The number of aryl methyl sites for hydroxylation is 2. The van der Waals surface area contributed by atoms with E-state index >= 15 is 0 Å². The van der Waals surface area contributed by atoms with Crippen LogP contribution in [-0.2, 0) is 18.4 Å². The van der Waals surface area contributed by atoms with Crippen molar-refractivity contribution in [3.63, 3.8) is 0 Å². The third-order valence-corrected chi connectivity index (χ3v) is 7.25. The van der Waals surface area contributed by atoms with Gasteiger partial charge >= 0.3 is 5.97 Å². The van der Waals surface area contributed by atoms with Crippen LogP contribution in [0.4, 0.5) is 0 Å². The van der Waals surface area contributed by atoms with E-state index in [1.54, 1.807) is 22.8 Å². The molecule has 152 valence electrons. The van der Waals surface area contributed by atoms with Gasteiger partial charge in [0.1, 0.15) is 9.70 Å². The summed E-state index contributed by atoms with van der Waals surface area (Å²) in [6, 6.07) is 5.68. The summed E-state index contributed by atoms with van der Waals surface area (Å²) >= 11 is 2.91. The van der Waals surface area contributed by atoms with Gasteiger partial charge in [0.15, 0.2) is 12.4 Å². The predicted molar refractivity (Wildman–Crippen MR) is 116 cm³/mol. The number of hydrogen-bond donors (Lipinski definition) is 0.